The Labute approximate surface area is 188 Å². The molecule has 0 radical (unpaired) electrons. The molecule has 10 heteroatoms. The third kappa shape index (κ3) is 5.61. The van der Waals surface area contributed by atoms with Gasteiger partial charge in [-0.25, -0.2) is 5.01 Å². The number of nitrogens with zero attached hydrogens (tertiary/aromatic N) is 3. The average molecular weight is 444 g/mol. The number of primary amides is 1. The van der Waals surface area contributed by atoms with Crippen LogP contribution in [0.4, 0.5) is 5.69 Å². The SMILES string of the molecule is Cc1cc(C(=N)C(N)=O)c(NCC(=O)N2CCC[C@H]2C(=O)NN2CCCC(C)(C)C2)cn1. The lowest BCUT2D eigenvalue weighted by molar-refractivity contribution is -0.140. The number of nitrogens with one attached hydrogen (secondary N) is 3. The zero-order valence-corrected chi connectivity index (χ0v) is 19.0. The minimum absolute atomic E-state index is 0.0791. The quantitative estimate of drug-likeness (QED) is 0.459. The molecular formula is C22H33N7O3. The molecule has 0 unspecified atom stereocenters. The molecule has 0 saturated carbocycles. The number of anilines is 1. The van der Waals surface area contributed by atoms with E-state index in [9.17, 15) is 14.4 Å². The molecule has 0 bridgehead atoms. The summed E-state index contributed by atoms with van der Waals surface area (Å²) in [5.74, 6) is -1.23. The fraction of sp³-hybridized carbons (Fsp3) is 0.591. The molecule has 1 aromatic heterocycles. The van der Waals surface area contributed by atoms with Gasteiger partial charge in [0.15, 0.2) is 0 Å². The molecule has 5 N–H and O–H groups in total. The lowest BCUT2D eigenvalue weighted by Crippen LogP contribution is -2.55. The summed E-state index contributed by atoms with van der Waals surface area (Å²) in [5, 5.41) is 12.8. The molecular weight excluding hydrogens is 410 g/mol. The Bertz CT molecular complexity index is 915. The van der Waals surface area contributed by atoms with Crippen LogP contribution in [0.2, 0.25) is 0 Å². The molecule has 0 aliphatic carbocycles. The summed E-state index contributed by atoms with van der Waals surface area (Å²) in [6.07, 6.45) is 5.01. The number of carbonyl (C=O) groups excluding carboxylic acids is 3. The van der Waals surface area contributed by atoms with Crippen LogP contribution in [0, 0.1) is 17.7 Å². The van der Waals surface area contributed by atoms with E-state index >= 15 is 0 Å². The van der Waals surface area contributed by atoms with Crippen LogP contribution >= 0.6 is 0 Å². The highest BCUT2D eigenvalue weighted by molar-refractivity contribution is 6.44. The summed E-state index contributed by atoms with van der Waals surface area (Å²) in [7, 11) is 0. The number of nitrogens with two attached hydrogens (primary N) is 1. The van der Waals surface area contributed by atoms with Crippen molar-refractivity contribution in [2.75, 3.05) is 31.5 Å². The maximum atomic E-state index is 12.9. The molecule has 1 aromatic rings. The Hall–Kier alpha value is -3.01. The number of piperidine rings is 1. The first-order valence-corrected chi connectivity index (χ1v) is 11.0. The molecule has 32 heavy (non-hydrogen) atoms. The van der Waals surface area contributed by atoms with E-state index in [2.05, 4.69) is 29.6 Å². The van der Waals surface area contributed by atoms with Gasteiger partial charge >= 0.3 is 0 Å². The van der Waals surface area contributed by atoms with Crippen LogP contribution in [0.25, 0.3) is 0 Å². The van der Waals surface area contributed by atoms with Crippen molar-refractivity contribution >= 4 is 29.1 Å². The topological polar surface area (TPSA) is 145 Å². The Morgan fingerprint density at radius 3 is 2.72 bits per heavy atom. The Morgan fingerprint density at radius 2 is 2.03 bits per heavy atom. The number of aryl methyl sites for hydroxylation is 1. The zero-order valence-electron chi connectivity index (χ0n) is 19.0. The van der Waals surface area contributed by atoms with E-state index in [-0.39, 0.29) is 29.5 Å². The van der Waals surface area contributed by atoms with Gasteiger partial charge in [0.1, 0.15) is 11.8 Å². The second kappa shape index (κ2) is 9.64. The van der Waals surface area contributed by atoms with Crippen molar-refractivity contribution in [1.82, 2.24) is 20.3 Å². The standard InChI is InChI=1S/C22H33N7O3/c1-14-10-15(19(23)20(24)31)16(11-25-14)26-12-18(30)29-9-4-6-17(29)21(32)27-28-8-5-7-22(2,3)13-28/h10-11,17,23,26H,4-9,12-13H2,1-3H3,(H2,24,31)(H,27,32)/t17-/m0/s1. The van der Waals surface area contributed by atoms with Crippen LogP contribution in [0.5, 0.6) is 0 Å². The molecule has 2 aliphatic heterocycles. The highest BCUT2D eigenvalue weighted by Gasteiger charge is 2.36. The van der Waals surface area contributed by atoms with E-state index in [0.717, 1.165) is 32.4 Å². The van der Waals surface area contributed by atoms with Crippen LogP contribution in [0.1, 0.15) is 50.8 Å². The number of likely N-dealkylation sites (tertiary alicyclic amines) is 1. The van der Waals surface area contributed by atoms with E-state index in [1.807, 2.05) is 5.01 Å². The van der Waals surface area contributed by atoms with Gasteiger partial charge < -0.3 is 16.0 Å². The number of hydrazine groups is 1. The molecule has 3 amide bonds. The monoisotopic (exact) mass is 443 g/mol. The van der Waals surface area contributed by atoms with Gasteiger partial charge in [0.2, 0.25) is 5.91 Å². The third-order valence-corrected chi connectivity index (χ3v) is 6.03. The number of aromatic nitrogens is 1. The normalized spacial score (nSPS) is 20.6. The number of rotatable bonds is 7. The first-order chi connectivity index (χ1) is 15.1. The molecule has 2 aliphatic rings. The largest absolute Gasteiger partial charge is 0.374 e. The Morgan fingerprint density at radius 1 is 1.28 bits per heavy atom. The van der Waals surface area contributed by atoms with Crippen molar-refractivity contribution in [2.24, 2.45) is 11.1 Å². The zero-order chi connectivity index (χ0) is 23.5. The van der Waals surface area contributed by atoms with Crippen molar-refractivity contribution in [1.29, 1.82) is 5.41 Å². The molecule has 2 fully saturated rings. The summed E-state index contributed by atoms with van der Waals surface area (Å²) >= 11 is 0. The van der Waals surface area contributed by atoms with E-state index in [4.69, 9.17) is 11.1 Å². The van der Waals surface area contributed by atoms with Gasteiger partial charge in [0.05, 0.1) is 18.4 Å². The summed E-state index contributed by atoms with van der Waals surface area (Å²) in [6.45, 7) is 8.15. The molecule has 0 aromatic carbocycles. The lowest BCUT2D eigenvalue weighted by atomic mass is 9.85. The van der Waals surface area contributed by atoms with E-state index < -0.39 is 11.9 Å². The van der Waals surface area contributed by atoms with Crippen LogP contribution in [0.15, 0.2) is 12.3 Å². The minimum atomic E-state index is -0.859. The summed E-state index contributed by atoms with van der Waals surface area (Å²) in [5.41, 5.74) is 9.36. The number of hydrogen-bond acceptors (Lipinski definition) is 7. The van der Waals surface area contributed by atoms with Crippen LogP contribution in [0.3, 0.4) is 0 Å². The summed E-state index contributed by atoms with van der Waals surface area (Å²) < 4.78 is 0. The maximum Gasteiger partial charge on any atom is 0.267 e. The van der Waals surface area contributed by atoms with E-state index in [1.165, 1.54) is 6.20 Å². The van der Waals surface area contributed by atoms with Gasteiger partial charge in [-0.2, -0.15) is 0 Å². The van der Waals surface area contributed by atoms with Crippen molar-refractivity contribution < 1.29 is 14.4 Å². The fourth-order valence-electron chi connectivity index (χ4n) is 4.40. The first-order valence-electron chi connectivity index (χ1n) is 11.0. The van der Waals surface area contributed by atoms with Crippen molar-refractivity contribution in [3.05, 3.63) is 23.5 Å². The predicted molar refractivity (Wildman–Crippen MR) is 121 cm³/mol. The number of carbonyl (C=O) groups is 3. The van der Waals surface area contributed by atoms with Crippen molar-refractivity contribution in [3.8, 4) is 0 Å². The lowest BCUT2D eigenvalue weighted by Gasteiger charge is -2.38. The molecule has 0 spiro atoms. The Kier molecular flexibility index (Phi) is 7.12. The number of pyridine rings is 1. The highest BCUT2D eigenvalue weighted by Crippen LogP contribution is 2.27. The molecule has 2 saturated heterocycles. The molecule has 3 rings (SSSR count). The van der Waals surface area contributed by atoms with E-state index in [0.29, 0.717) is 29.9 Å². The fourth-order valence-corrected chi connectivity index (χ4v) is 4.40. The first kappa shape index (κ1) is 23.6. The minimum Gasteiger partial charge on any atom is -0.374 e. The Balaban J connectivity index is 1.62. The van der Waals surface area contributed by atoms with Gasteiger partial charge in [-0.3, -0.25) is 30.2 Å². The third-order valence-electron chi connectivity index (χ3n) is 6.03. The predicted octanol–water partition coefficient (Wildman–Crippen LogP) is 0.799. The average Bonchev–Trinajstić information content (AvgIpc) is 3.21. The van der Waals surface area contributed by atoms with Gasteiger partial charge in [0, 0.05) is 30.9 Å². The number of amides is 3. The van der Waals surface area contributed by atoms with Gasteiger partial charge in [-0.05, 0) is 44.1 Å². The van der Waals surface area contributed by atoms with Gasteiger partial charge in [-0.1, -0.05) is 13.8 Å². The van der Waals surface area contributed by atoms with Crippen molar-refractivity contribution in [2.45, 2.75) is 52.5 Å². The van der Waals surface area contributed by atoms with Crippen LogP contribution < -0.4 is 16.5 Å². The molecule has 1 atom stereocenters. The maximum absolute atomic E-state index is 12.9. The van der Waals surface area contributed by atoms with Crippen LogP contribution in [-0.4, -0.2) is 70.5 Å². The van der Waals surface area contributed by atoms with Crippen molar-refractivity contribution in [3.63, 3.8) is 0 Å². The smallest absolute Gasteiger partial charge is 0.267 e. The molecule has 10 nitrogen and oxygen atoms in total. The summed E-state index contributed by atoms with van der Waals surface area (Å²) in [4.78, 5) is 43.1. The second-order valence-electron chi connectivity index (χ2n) is 9.37. The van der Waals surface area contributed by atoms with E-state index in [1.54, 1.807) is 17.9 Å². The van der Waals surface area contributed by atoms with Gasteiger partial charge in [-0.15, -0.1) is 0 Å². The molecule has 174 valence electrons. The highest BCUT2D eigenvalue weighted by atomic mass is 16.2. The second-order valence-corrected chi connectivity index (χ2v) is 9.37. The summed E-state index contributed by atoms with van der Waals surface area (Å²) in [6, 6.07) is 1.07. The van der Waals surface area contributed by atoms with Crippen LogP contribution in [-0.2, 0) is 14.4 Å². The van der Waals surface area contributed by atoms with Gasteiger partial charge in [0.25, 0.3) is 11.8 Å². The number of hydrogen-bond donors (Lipinski definition) is 4. The molecule has 3 heterocycles.